The van der Waals surface area contributed by atoms with Crippen LogP contribution in [0.25, 0.3) is 0 Å². The number of aliphatic carboxylic acids is 1. The van der Waals surface area contributed by atoms with Crippen LogP contribution in [0.3, 0.4) is 0 Å². The lowest BCUT2D eigenvalue weighted by molar-refractivity contribution is -0.141. The van der Waals surface area contributed by atoms with Gasteiger partial charge in [-0.25, -0.2) is 9.59 Å². The Labute approximate surface area is 116 Å². The fourth-order valence-electron chi connectivity index (χ4n) is 2.02. The van der Waals surface area contributed by atoms with Crippen molar-refractivity contribution in [2.45, 2.75) is 44.2 Å². The third-order valence-electron chi connectivity index (χ3n) is 3.33. The normalized spacial score (nSPS) is 16.1. The summed E-state index contributed by atoms with van der Waals surface area (Å²) in [6.07, 6.45) is 2.74. The van der Waals surface area contributed by atoms with Gasteiger partial charge in [0.05, 0.1) is 6.42 Å². The summed E-state index contributed by atoms with van der Waals surface area (Å²) in [5, 5.41) is 20.1. The maximum absolute atomic E-state index is 12.1. The smallest absolute Gasteiger partial charge is 0.326 e. The van der Waals surface area contributed by atoms with Crippen LogP contribution in [0.4, 0.5) is 4.79 Å². The molecule has 1 atom stereocenters. The number of primary amides is 1. The largest absolute Gasteiger partial charge is 0.480 e. The molecule has 1 aliphatic rings. The van der Waals surface area contributed by atoms with Crippen LogP contribution >= 0.6 is 0 Å². The number of amides is 3. The van der Waals surface area contributed by atoms with Crippen LogP contribution in [-0.4, -0.2) is 58.3 Å². The second-order valence-corrected chi connectivity index (χ2v) is 4.87. The van der Waals surface area contributed by atoms with Crippen molar-refractivity contribution in [3.8, 4) is 0 Å². The van der Waals surface area contributed by atoms with Gasteiger partial charge in [0.15, 0.2) is 0 Å². The number of nitrogens with two attached hydrogens (primary N) is 1. The Bertz CT molecular complexity index is 370. The SMILES string of the molecule is NC(=O)C[C@@H](NC(=O)N(CCCO)C1CCC1)C(=O)O. The van der Waals surface area contributed by atoms with Gasteiger partial charge in [-0.1, -0.05) is 0 Å². The Hall–Kier alpha value is -1.83. The van der Waals surface area contributed by atoms with E-state index in [1.807, 2.05) is 0 Å². The molecule has 0 unspecified atom stereocenters. The van der Waals surface area contributed by atoms with Crippen molar-refractivity contribution in [2.24, 2.45) is 5.73 Å². The Morgan fingerprint density at radius 3 is 2.40 bits per heavy atom. The summed E-state index contributed by atoms with van der Waals surface area (Å²) < 4.78 is 0. The molecule has 0 heterocycles. The molecule has 0 bridgehead atoms. The molecule has 3 amide bonds. The van der Waals surface area contributed by atoms with Gasteiger partial charge in [-0.2, -0.15) is 0 Å². The lowest BCUT2D eigenvalue weighted by Crippen LogP contribution is -2.54. The number of carboxylic acid groups (broad SMARTS) is 1. The van der Waals surface area contributed by atoms with Gasteiger partial charge < -0.3 is 26.2 Å². The van der Waals surface area contributed by atoms with Crippen molar-refractivity contribution in [2.75, 3.05) is 13.2 Å². The number of urea groups is 1. The molecule has 1 rings (SSSR count). The number of nitrogens with zero attached hydrogens (tertiary/aromatic N) is 1. The molecule has 1 fully saturated rings. The van der Waals surface area contributed by atoms with Gasteiger partial charge in [0.25, 0.3) is 0 Å². The maximum Gasteiger partial charge on any atom is 0.326 e. The molecule has 20 heavy (non-hydrogen) atoms. The number of rotatable bonds is 8. The van der Waals surface area contributed by atoms with Gasteiger partial charge in [0.1, 0.15) is 6.04 Å². The minimum atomic E-state index is -1.32. The summed E-state index contributed by atoms with van der Waals surface area (Å²) in [5.41, 5.74) is 4.96. The second kappa shape index (κ2) is 7.68. The Morgan fingerprint density at radius 1 is 1.35 bits per heavy atom. The monoisotopic (exact) mass is 287 g/mol. The highest BCUT2D eigenvalue weighted by atomic mass is 16.4. The summed E-state index contributed by atoms with van der Waals surface area (Å²) in [5.74, 6) is -2.09. The minimum Gasteiger partial charge on any atom is -0.480 e. The molecule has 0 aliphatic heterocycles. The summed E-state index contributed by atoms with van der Waals surface area (Å²) >= 11 is 0. The van der Waals surface area contributed by atoms with Crippen LogP contribution in [0.2, 0.25) is 0 Å². The Morgan fingerprint density at radius 2 is 2.00 bits per heavy atom. The number of aliphatic hydroxyl groups is 1. The zero-order chi connectivity index (χ0) is 15.1. The average molecular weight is 287 g/mol. The molecule has 1 saturated carbocycles. The zero-order valence-corrected chi connectivity index (χ0v) is 11.2. The molecular formula is C12H21N3O5. The number of hydrogen-bond donors (Lipinski definition) is 4. The molecule has 5 N–H and O–H groups in total. The van der Waals surface area contributed by atoms with E-state index in [-0.39, 0.29) is 12.6 Å². The molecule has 0 saturated heterocycles. The van der Waals surface area contributed by atoms with Gasteiger partial charge in [0, 0.05) is 19.2 Å². The molecule has 8 nitrogen and oxygen atoms in total. The van der Waals surface area contributed by atoms with E-state index in [0.29, 0.717) is 13.0 Å². The summed E-state index contributed by atoms with van der Waals surface area (Å²) in [6, 6.07) is -1.78. The number of carbonyl (C=O) groups is 3. The number of aliphatic hydroxyl groups excluding tert-OH is 1. The van der Waals surface area contributed by atoms with Crippen LogP contribution in [0.15, 0.2) is 0 Å². The first-order chi connectivity index (χ1) is 9.45. The molecule has 0 aromatic heterocycles. The first-order valence-corrected chi connectivity index (χ1v) is 6.64. The van der Waals surface area contributed by atoms with Crippen LogP contribution in [0.5, 0.6) is 0 Å². The first kappa shape index (κ1) is 16.2. The first-order valence-electron chi connectivity index (χ1n) is 6.64. The van der Waals surface area contributed by atoms with Gasteiger partial charge in [-0.15, -0.1) is 0 Å². The van der Waals surface area contributed by atoms with E-state index in [1.165, 1.54) is 4.90 Å². The Kier molecular flexibility index (Phi) is 6.23. The van der Waals surface area contributed by atoms with E-state index in [2.05, 4.69) is 5.32 Å². The molecule has 114 valence electrons. The number of carbonyl (C=O) groups excluding carboxylic acids is 2. The molecular weight excluding hydrogens is 266 g/mol. The molecule has 0 radical (unpaired) electrons. The third kappa shape index (κ3) is 4.69. The van der Waals surface area contributed by atoms with E-state index in [1.54, 1.807) is 0 Å². The van der Waals surface area contributed by atoms with Crippen molar-refractivity contribution in [3.63, 3.8) is 0 Å². The number of hydrogen-bond acceptors (Lipinski definition) is 4. The summed E-state index contributed by atoms with van der Waals surface area (Å²) in [7, 11) is 0. The lowest BCUT2D eigenvalue weighted by atomic mass is 9.91. The van der Waals surface area contributed by atoms with Gasteiger partial charge in [0.2, 0.25) is 5.91 Å². The van der Waals surface area contributed by atoms with Crippen molar-refractivity contribution in [3.05, 3.63) is 0 Å². The predicted octanol–water partition coefficient (Wildman–Crippen LogP) is -0.738. The quantitative estimate of drug-likeness (QED) is 0.466. The van der Waals surface area contributed by atoms with Crippen molar-refractivity contribution >= 4 is 17.9 Å². The highest BCUT2D eigenvalue weighted by Crippen LogP contribution is 2.25. The predicted molar refractivity (Wildman–Crippen MR) is 69.8 cm³/mol. The topological polar surface area (TPSA) is 133 Å². The van der Waals surface area contributed by atoms with Crippen molar-refractivity contribution in [1.82, 2.24) is 10.2 Å². The van der Waals surface area contributed by atoms with Gasteiger partial charge in [-0.3, -0.25) is 4.79 Å². The van der Waals surface area contributed by atoms with Crippen molar-refractivity contribution < 1.29 is 24.6 Å². The number of carboxylic acids is 1. The van der Waals surface area contributed by atoms with Crippen LogP contribution in [-0.2, 0) is 9.59 Å². The second-order valence-electron chi connectivity index (χ2n) is 4.87. The molecule has 0 aromatic carbocycles. The Balaban J connectivity index is 2.62. The summed E-state index contributed by atoms with van der Waals surface area (Å²) in [4.78, 5) is 35.4. The van der Waals surface area contributed by atoms with Gasteiger partial charge in [-0.05, 0) is 25.7 Å². The van der Waals surface area contributed by atoms with Crippen LogP contribution in [0, 0.1) is 0 Å². The van der Waals surface area contributed by atoms with E-state index in [0.717, 1.165) is 19.3 Å². The highest BCUT2D eigenvalue weighted by Gasteiger charge is 2.31. The van der Waals surface area contributed by atoms with Gasteiger partial charge >= 0.3 is 12.0 Å². The van der Waals surface area contributed by atoms with Crippen LogP contribution in [0.1, 0.15) is 32.1 Å². The number of nitrogens with one attached hydrogen (secondary N) is 1. The maximum atomic E-state index is 12.1. The van der Waals surface area contributed by atoms with E-state index in [9.17, 15) is 14.4 Å². The lowest BCUT2D eigenvalue weighted by Gasteiger charge is -2.38. The van der Waals surface area contributed by atoms with E-state index < -0.39 is 30.4 Å². The zero-order valence-electron chi connectivity index (χ0n) is 11.2. The molecule has 0 spiro atoms. The standard InChI is InChI=1S/C12H21N3O5/c13-10(17)7-9(11(18)19)14-12(20)15(5-2-6-16)8-3-1-4-8/h8-9,16H,1-7H2,(H2,13,17)(H,14,20)(H,18,19)/t9-/m1/s1. The fourth-order valence-corrected chi connectivity index (χ4v) is 2.02. The molecule has 8 heteroatoms. The highest BCUT2D eigenvalue weighted by molar-refractivity contribution is 5.87. The minimum absolute atomic E-state index is 0.0415. The van der Waals surface area contributed by atoms with Crippen LogP contribution < -0.4 is 11.1 Å². The molecule has 0 aromatic rings. The third-order valence-corrected chi connectivity index (χ3v) is 3.33. The fraction of sp³-hybridized carbons (Fsp3) is 0.750. The van der Waals surface area contributed by atoms with E-state index in [4.69, 9.17) is 15.9 Å². The van der Waals surface area contributed by atoms with E-state index >= 15 is 0 Å². The van der Waals surface area contributed by atoms with Crippen molar-refractivity contribution in [1.29, 1.82) is 0 Å². The summed E-state index contributed by atoms with van der Waals surface area (Å²) in [6.45, 7) is 0.316. The molecule has 1 aliphatic carbocycles. The average Bonchev–Trinajstić information content (AvgIpc) is 2.30.